The quantitative estimate of drug-likeness (QED) is 0.604. The minimum Gasteiger partial charge on any atom is -0.478 e. The third kappa shape index (κ3) is 4.27. The van der Waals surface area contributed by atoms with Gasteiger partial charge in [-0.2, -0.15) is 0 Å². The highest BCUT2D eigenvalue weighted by Crippen LogP contribution is 2.33. The smallest absolute Gasteiger partial charge is 0.328 e. The van der Waals surface area contributed by atoms with Gasteiger partial charge in [0.25, 0.3) is 5.56 Å². The van der Waals surface area contributed by atoms with Crippen LogP contribution in [0.25, 0.3) is 10.2 Å². The highest BCUT2D eigenvalue weighted by Gasteiger charge is 2.19. The van der Waals surface area contributed by atoms with Crippen LogP contribution in [-0.2, 0) is 29.0 Å². The van der Waals surface area contributed by atoms with Gasteiger partial charge in [-0.3, -0.25) is 4.79 Å². The first-order chi connectivity index (χ1) is 11.4. The van der Waals surface area contributed by atoms with E-state index in [4.69, 9.17) is 15.9 Å². The second-order valence-corrected chi connectivity index (χ2v) is 6.20. The third-order valence-corrected chi connectivity index (χ3v) is 4.62. The minimum absolute atomic E-state index is 0.0233. The molecule has 0 unspecified atom stereocenters. The number of nitrogens with two attached hydrogens (primary N) is 1. The van der Waals surface area contributed by atoms with E-state index in [-0.39, 0.29) is 12.1 Å². The molecule has 1 aliphatic rings. The molecule has 0 radical (unpaired) electrons. The van der Waals surface area contributed by atoms with Gasteiger partial charge >= 0.3 is 11.9 Å². The molecule has 0 saturated carbocycles. The predicted molar refractivity (Wildman–Crippen MR) is 89.2 cm³/mol. The van der Waals surface area contributed by atoms with E-state index in [9.17, 15) is 14.4 Å². The number of nitrogens with zero attached hydrogens (tertiary/aromatic N) is 1. The molecule has 5 N–H and O–H groups in total. The van der Waals surface area contributed by atoms with Crippen molar-refractivity contribution in [1.82, 2.24) is 9.97 Å². The topological polar surface area (TPSA) is 146 Å². The fraction of sp³-hybridized carbons (Fsp3) is 0.333. The molecule has 2 heterocycles. The van der Waals surface area contributed by atoms with E-state index in [2.05, 4.69) is 9.97 Å². The largest absolute Gasteiger partial charge is 0.478 e. The predicted octanol–water partition coefficient (Wildman–Crippen LogP) is 1.03. The lowest BCUT2D eigenvalue weighted by molar-refractivity contribution is -0.134. The lowest BCUT2D eigenvalue weighted by atomic mass is 9.97. The number of rotatable bonds is 3. The summed E-state index contributed by atoms with van der Waals surface area (Å²) in [6.45, 7) is 0.285. The first kappa shape index (κ1) is 17.8. The number of carboxylic acid groups (broad SMARTS) is 2. The van der Waals surface area contributed by atoms with Crippen LogP contribution in [0.2, 0.25) is 0 Å². The molecule has 0 saturated heterocycles. The summed E-state index contributed by atoms with van der Waals surface area (Å²) in [7, 11) is 0. The lowest BCUT2D eigenvalue weighted by Crippen LogP contribution is -2.15. The molecular weight excluding hydrogens is 334 g/mol. The summed E-state index contributed by atoms with van der Waals surface area (Å²) in [5, 5.41) is 16.4. The van der Waals surface area contributed by atoms with Crippen LogP contribution in [-0.4, -0.2) is 32.1 Å². The second-order valence-electron chi connectivity index (χ2n) is 5.12. The van der Waals surface area contributed by atoms with Gasteiger partial charge in [0.15, 0.2) is 0 Å². The molecule has 2 aromatic heterocycles. The van der Waals surface area contributed by atoms with Crippen molar-refractivity contribution in [2.45, 2.75) is 32.2 Å². The van der Waals surface area contributed by atoms with Crippen molar-refractivity contribution in [3.63, 3.8) is 0 Å². The van der Waals surface area contributed by atoms with Gasteiger partial charge < -0.3 is 20.9 Å². The normalized spacial score (nSPS) is 13.4. The van der Waals surface area contributed by atoms with E-state index in [1.54, 1.807) is 11.3 Å². The number of nitrogens with one attached hydrogen (secondary N) is 1. The van der Waals surface area contributed by atoms with E-state index >= 15 is 0 Å². The molecule has 24 heavy (non-hydrogen) atoms. The van der Waals surface area contributed by atoms with Crippen LogP contribution in [0.4, 0.5) is 0 Å². The van der Waals surface area contributed by atoms with Crippen LogP contribution in [0.3, 0.4) is 0 Å². The van der Waals surface area contributed by atoms with E-state index in [1.807, 2.05) is 0 Å². The molecule has 3 rings (SSSR count). The van der Waals surface area contributed by atoms with E-state index in [0.29, 0.717) is 18.0 Å². The Morgan fingerprint density at radius 2 is 1.83 bits per heavy atom. The summed E-state index contributed by atoms with van der Waals surface area (Å²) in [5.41, 5.74) is 6.71. The average Bonchev–Trinajstić information content (AvgIpc) is 2.92. The molecule has 8 nitrogen and oxygen atoms in total. The van der Waals surface area contributed by atoms with Gasteiger partial charge in [0.1, 0.15) is 10.7 Å². The number of aryl methyl sites for hydroxylation is 2. The van der Waals surface area contributed by atoms with Gasteiger partial charge in [-0.1, -0.05) is 0 Å². The fourth-order valence-electron chi connectivity index (χ4n) is 2.45. The average molecular weight is 351 g/mol. The maximum Gasteiger partial charge on any atom is 0.328 e. The monoisotopic (exact) mass is 351 g/mol. The Kier molecular flexibility index (Phi) is 5.83. The van der Waals surface area contributed by atoms with E-state index in [0.717, 1.165) is 23.1 Å². The van der Waals surface area contributed by atoms with Gasteiger partial charge in [-0.05, 0) is 31.2 Å². The van der Waals surface area contributed by atoms with Gasteiger partial charge in [0, 0.05) is 17.0 Å². The summed E-state index contributed by atoms with van der Waals surface area (Å²) >= 11 is 1.66. The van der Waals surface area contributed by atoms with Gasteiger partial charge in [-0.15, -0.1) is 11.3 Å². The molecule has 0 bridgehead atoms. The van der Waals surface area contributed by atoms with Crippen molar-refractivity contribution in [3.8, 4) is 0 Å². The van der Waals surface area contributed by atoms with Crippen LogP contribution in [0, 0.1) is 0 Å². The highest BCUT2D eigenvalue weighted by molar-refractivity contribution is 7.18. The number of carboxylic acids is 2. The molecule has 0 amide bonds. The third-order valence-electron chi connectivity index (χ3n) is 3.44. The number of fused-ring (bicyclic) bond motifs is 3. The Labute approximate surface area is 140 Å². The highest BCUT2D eigenvalue weighted by atomic mass is 32.1. The van der Waals surface area contributed by atoms with Crippen molar-refractivity contribution in [2.24, 2.45) is 5.73 Å². The second kappa shape index (κ2) is 7.84. The number of aromatic amines is 1. The van der Waals surface area contributed by atoms with Crippen molar-refractivity contribution >= 4 is 33.5 Å². The van der Waals surface area contributed by atoms with Crippen molar-refractivity contribution in [1.29, 1.82) is 0 Å². The fourth-order valence-corrected chi connectivity index (χ4v) is 3.73. The maximum absolute atomic E-state index is 11.9. The molecule has 2 aromatic rings. The number of aliphatic carboxylic acids is 2. The molecule has 9 heteroatoms. The zero-order chi connectivity index (χ0) is 17.7. The Bertz CT molecular complexity index is 837. The molecule has 0 aromatic carbocycles. The number of H-pyrrole nitrogens is 1. The van der Waals surface area contributed by atoms with Crippen LogP contribution in [0.15, 0.2) is 16.9 Å². The summed E-state index contributed by atoms with van der Waals surface area (Å²) in [5.74, 6) is -1.93. The molecule has 0 atom stereocenters. The Morgan fingerprint density at radius 3 is 2.42 bits per heavy atom. The lowest BCUT2D eigenvalue weighted by Gasteiger charge is -2.09. The standard InChI is InChI=1S/C11H13N3OS.C4H4O4/c12-5-8-13-10(15)9-6-3-1-2-4-7(6)16-11(9)14-8;5-3(6)1-2-4(7)8/h1-5,12H2,(H,13,14,15);1-2H,(H,5,6)(H,7,8)/b;2-1-. The first-order valence-corrected chi connectivity index (χ1v) is 8.11. The molecule has 0 spiro atoms. The van der Waals surface area contributed by atoms with Crippen LogP contribution < -0.4 is 11.3 Å². The van der Waals surface area contributed by atoms with Crippen molar-refractivity contribution in [3.05, 3.63) is 38.8 Å². The van der Waals surface area contributed by atoms with Gasteiger partial charge in [-0.25, -0.2) is 14.6 Å². The zero-order valence-corrected chi connectivity index (χ0v) is 13.6. The zero-order valence-electron chi connectivity index (χ0n) is 12.7. The maximum atomic E-state index is 11.9. The van der Waals surface area contributed by atoms with Crippen LogP contribution >= 0.6 is 11.3 Å². The SMILES string of the molecule is NCc1nc2sc3c(c2c(=O)[nH]1)CCCC3.O=C(O)/C=C\C(=O)O. The van der Waals surface area contributed by atoms with E-state index in [1.165, 1.54) is 23.3 Å². The number of hydrogen-bond donors (Lipinski definition) is 4. The summed E-state index contributed by atoms with van der Waals surface area (Å²) in [6, 6.07) is 0. The van der Waals surface area contributed by atoms with Crippen LogP contribution in [0.5, 0.6) is 0 Å². The molecule has 1 aliphatic carbocycles. The molecule has 128 valence electrons. The summed E-state index contributed by atoms with van der Waals surface area (Å²) < 4.78 is 0. The summed E-state index contributed by atoms with van der Waals surface area (Å²) in [6.07, 6.45) is 5.62. The molecule has 0 aliphatic heterocycles. The van der Waals surface area contributed by atoms with Gasteiger partial charge in [0.2, 0.25) is 0 Å². The molecule has 0 fully saturated rings. The van der Waals surface area contributed by atoms with Crippen LogP contribution in [0.1, 0.15) is 29.1 Å². The Balaban J connectivity index is 0.000000224. The number of aromatic nitrogens is 2. The Morgan fingerprint density at radius 1 is 1.21 bits per heavy atom. The molecular formula is C15H17N3O5S. The first-order valence-electron chi connectivity index (χ1n) is 7.29. The van der Waals surface area contributed by atoms with Gasteiger partial charge in [0.05, 0.1) is 11.9 Å². The van der Waals surface area contributed by atoms with E-state index < -0.39 is 11.9 Å². The minimum atomic E-state index is -1.26. The number of thiophene rings is 1. The number of carbonyl (C=O) groups is 2. The van der Waals surface area contributed by atoms with Crippen molar-refractivity contribution < 1.29 is 19.8 Å². The Hall–Kier alpha value is -2.52. The number of hydrogen-bond acceptors (Lipinski definition) is 6. The van der Waals surface area contributed by atoms with Crippen molar-refractivity contribution in [2.75, 3.05) is 0 Å². The summed E-state index contributed by atoms with van der Waals surface area (Å²) in [4.78, 5) is 40.4.